The van der Waals surface area contributed by atoms with Crippen LogP contribution in [0.25, 0.3) is 0 Å². The molecule has 0 unspecified atom stereocenters. The van der Waals surface area contributed by atoms with Crippen LogP contribution in [0.2, 0.25) is 0 Å². The molecule has 0 bridgehead atoms. The normalized spacial score (nSPS) is 16.6. The fourth-order valence-electron chi connectivity index (χ4n) is 2.01. The van der Waals surface area contributed by atoms with Gasteiger partial charge in [0.25, 0.3) is 0 Å². The standard InChI is InChI=1S/C13H18BrN3O/c1-10-3-2-4-11(13(10)14)16-12(18)9-17-7-5-15-6-8-17/h2-4,15H,5-9H2,1H3,(H,16,18). The number of aryl methyl sites for hydroxylation is 1. The van der Waals surface area contributed by atoms with E-state index in [0.717, 1.165) is 41.9 Å². The Balaban J connectivity index is 1.92. The number of anilines is 1. The Hall–Kier alpha value is -0.910. The average Bonchev–Trinajstić information content (AvgIpc) is 2.36. The van der Waals surface area contributed by atoms with Crippen molar-refractivity contribution in [2.24, 2.45) is 0 Å². The zero-order valence-electron chi connectivity index (χ0n) is 10.5. The van der Waals surface area contributed by atoms with E-state index in [2.05, 4.69) is 31.5 Å². The van der Waals surface area contributed by atoms with Crippen molar-refractivity contribution >= 4 is 27.5 Å². The van der Waals surface area contributed by atoms with Gasteiger partial charge in [-0.1, -0.05) is 12.1 Å². The number of nitrogens with zero attached hydrogens (tertiary/aromatic N) is 1. The third kappa shape index (κ3) is 3.54. The topological polar surface area (TPSA) is 44.4 Å². The molecule has 1 aromatic rings. The SMILES string of the molecule is Cc1cccc(NC(=O)CN2CCNCC2)c1Br. The molecule has 4 nitrogen and oxygen atoms in total. The van der Waals surface area contributed by atoms with Crippen molar-refractivity contribution in [1.29, 1.82) is 0 Å². The molecule has 0 aliphatic carbocycles. The van der Waals surface area contributed by atoms with E-state index in [0.29, 0.717) is 6.54 Å². The van der Waals surface area contributed by atoms with Crippen LogP contribution in [0.5, 0.6) is 0 Å². The van der Waals surface area contributed by atoms with Crippen molar-refractivity contribution in [3.05, 3.63) is 28.2 Å². The summed E-state index contributed by atoms with van der Waals surface area (Å²) in [6.07, 6.45) is 0. The first-order valence-corrected chi connectivity index (χ1v) is 6.94. The summed E-state index contributed by atoms with van der Waals surface area (Å²) in [7, 11) is 0. The molecule has 0 saturated carbocycles. The molecular formula is C13H18BrN3O. The van der Waals surface area contributed by atoms with Crippen LogP contribution >= 0.6 is 15.9 Å². The minimum Gasteiger partial charge on any atom is -0.324 e. The summed E-state index contributed by atoms with van der Waals surface area (Å²) >= 11 is 3.50. The van der Waals surface area contributed by atoms with E-state index in [1.54, 1.807) is 0 Å². The molecule has 98 valence electrons. The summed E-state index contributed by atoms with van der Waals surface area (Å²) < 4.78 is 0.957. The predicted octanol–water partition coefficient (Wildman–Crippen LogP) is 1.60. The monoisotopic (exact) mass is 311 g/mol. The van der Waals surface area contributed by atoms with Crippen LogP contribution in [-0.2, 0) is 4.79 Å². The van der Waals surface area contributed by atoms with Crippen molar-refractivity contribution < 1.29 is 4.79 Å². The molecule has 18 heavy (non-hydrogen) atoms. The van der Waals surface area contributed by atoms with Crippen molar-refractivity contribution in [3.63, 3.8) is 0 Å². The zero-order valence-corrected chi connectivity index (χ0v) is 12.1. The van der Waals surface area contributed by atoms with Gasteiger partial charge in [-0.3, -0.25) is 9.69 Å². The van der Waals surface area contributed by atoms with Gasteiger partial charge in [0.2, 0.25) is 5.91 Å². The fraction of sp³-hybridized carbons (Fsp3) is 0.462. The second-order valence-corrected chi connectivity index (χ2v) is 5.30. The van der Waals surface area contributed by atoms with Gasteiger partial charge >= 0.3 is 0 Å². The van der Waals surface area contributed by atoms with Gasteiger partial charge < -0.3 is 10.6 Å². The number of halogens is 1. The number of nitrogens with one attached hydrogen (secondary N) is 2. The third-order valence-electron chi connectivity index (χ3n) is 3.04. The van der Waals surface area contributed by atoms with Gasteiger partial charge in [-0.2, -0.15) is 0 Å². The number of benzene rings is 1. The first-order valence-electron chi connectivity index (χ1n) is 6.15. The van der Waals surface area contributed by atoms with E-state index in [1.807, 2.05) is 25.1 Å². The molecule has 5 heteroatoms. The summed E-state index contributed by atoms with van der Waals surface area (Å²) in [5, 5.41) is 6.22. The Kier molecular flexibility index (Phi) is 4.74. The van der Waals surface area contributed by atoms with Gasteiger partial charge in [-0.05, 0) is 34.5 Å². The summed E-state index contributed by atoms with van der Waals surface area (Å²) in [6.45, 7) is 6.26. The quantitative estimate of drug-likeness (QED) is 0.891. The maximum Gasteiger partial charge on any atom is 0.238 e. The van der Waals surface area contributed by atoms with E-state index in [-0.39, 0.29) is 5.91 Å². The lowest BCUT2D eigenvalue weighted by molar-refractivity contribution is -0.117. The molecule has 2 rings (SSSR count). The highest BCUT2D eigenvalue weighted by atomic mass is 79.9. The molecule has 0 spiro atoms. The fourth-order valence-corrected chi connectivity index (χ4v) is 2.37. The molecule has 1 aliphatic heterocycles. The number of piperazine rings is 1. The van der Waals surface area contributed by atoms with Crippen LogP contribution in [0.4, 0.5) is 5.69 Å². The third-order valence-corrected chi connectivity index (χ3v) is 4.10. The molecule has 0 atom stereocenters. The Morgan fingerprint density at radius 1 is 1.44 bits per heavy atom. The van der Waals surface area contributed by atoms with Gasteiger partial charge in [-0.15, -0.1) is 0 Å². The number of hydrogen-bond acceptors (Lipinski definition) is 3. The molecule has 1 amide bonds. The summed E-state index contributed by atoms with van der Waals surface area (Å²) in [6, 6.07) is 5.86. The summed E-state index contributed by atoms with van der Waals surface area (Å²) in [4.78, 5) is 14.1. The molecule has 1 aliphatic rings. The highest BCUT2D eigenvalue weighted by Gasteiger charge is 2.14. The van der Waals surface area contributed by atoms with Gasteiger partial charge in [0, 0.05) is 30.7 Å². The van der Waals surface area contributed by atoms with Crippen LogP contribution in [0.3, 0.4) is 0 Å². The molecule has 1 aromatic carbocycles. The van der Waals surface area contributed by atoms with E-state index in [1.165, 1.54) is 0 Å². The van der Waals surface area contributed by atoms with Crippen LogP contribution in [0, 0.1) is 6.92 Å². The lowest BCUT2D eigenvalue weighted by Crippen LogP contribution is -2.46. The van der Waals surface area contributed by atoms with E-state index in [4.69, 9.17) is 0 Å². The molecular weight excluding hydrogens is 294 g/mol. The maximum atomic E-state index is 12.0. The first kappa shape index (κ1) is 13.5. The minimum atomic E-state index is 0.0446. The molecule has 2 N–H and O–H groups in total. The second kappa shape index (κ2) is 6.31. The van der Waals surface area contributed by atoms with Gasteiger partial charge in [0.05, 0.1) is 12.2 Å². The number of hydrogen-bond donors (Lipinski definition) is 2. The number of amides is 1. The molecule has 0 radical (unpaired) electrons. The summed E-state index contributed by atoms with van der Waals surface area (Å²) in [5.74, 6) is 0.0446. The molecule has 1 heterocycles. The van der Waals surface area contributed by atoms with Crippen molar-refractivity contribution in [3.8, 4) is 0 Å². The number of carbonyl (C=O) groups excluding carboxylic acids is 1. The molecule has 1 saturated heterocycles. The highest BCUT2D eigenvalue weighted by Crippen LogP contribution is 2.25. The van der Waals surface area contributed by atoms with Crippen molar-refractivity contribution in [1.82, 2.24) is 10.2 Å². The number of carbonyl (C=O) groups is 1. The number of rotatable bonds is 3. The predicted molar refractivity (Wildman–Crippen MR) is 76.8 cm³/mol. The van der Waals surface area contributed by atoms with Gasteiger partial charge in [-0.25, -0.2) is 0 Å². The smallest absolute Gasteiger partial charge is 0.238 e. The van der Waals surface area contributed by atoms with Crippen LogP contribution < -0.4 is 10.6 Å². The minimum absolute atomic E-state index is 0.0446. The van der Waals surface area contributed by atoms with E-state index < -0.39 is 0 Å². The van der Waals surface area contributed by atoms with Crippen molar-refractivity contribution in [2.75, 3.05) is 38.0 Å². The lowest BCUT2D eigenvalue weighted by Gasteiger charge is -2.26. The maximum absolute atomic E-state index is 12.0. The van der Waals surface area contributed by atoms with Crippen LogP contribution in [0.1, 0.15) is 5.56 Å². The Bertz CT molecular complexity index is 430. The van der Waals surface area contributed by atoms with Gasteiger partial charge in [0.1, 0.15) is 0 Å². The Morgan fingerprint density at radius 3 is 2.89 bits per heavy atom. The van der Waals surface area contributed by atoms with Crippen molar-refractivity contribution in [2.45, 2.75) is 6.92 Å². The summed E-state index contributed by atoms with van der Waals surface area (Å²) in [5.41, 5.74) is 1.96. The van der Waals surface area contributed by atoms with Crippen LogP contribution in [0.15, 0.2) is 22.7 Å². The van der Waals surface area contributed by atoms with Crippen LogP contribution in [-0.4, -0.2) is 43.5 Å². The average molecular weight is 312 g/mol. The van der Waals surface area contributed by atoms with E-state index >= 15 is 0 Å². The highest BCUT2D eigenvalue weighted by molar-refractivity contribution is 9.10. The first-order chi connectivity index (χ1) is 8.66. The molecule has 0 aromatic heterocycles. The lowest BCUT2D eigenvalue weighted by atomic mass is 10.2. The molecule has 1 fully saturated rings. The Labute approximate surface area is 116 Å². The van der Waals surface area contributed by atoms with E-state index in [9.17, 15) is 4.79 Å². The largest absolute Gasteiger partial charge is 0.324 e. The zero-order chi connectivity index (χ0) is 13.0. The Morgan fingerprint density at radius 2 is 2.17 bits per heavy atom. The van der Waals surface area contributed by atoms with Gasteiger partial charge in [0.15, 0.2) is 0 Å². The second-order valence-electron chi connectivity index (χ2n) is 4.51.